The molecule has 1 N–H and O–H groups in total. The smallest absolute Gasteiger partial charge is 0.307 e. The lowest BCUT2D eigenvalue weighted by Crippen LogP contribution is -2.04. The van der Waals surface area contributed by atoms with Gasteiger partial charge in [0.2, 0.25) is 5.88 Å². The van der Waals surface area contributed by atoms with Gasteiger partial charge in [0.1, 0.15) is 5.75 Å². The SMILES string of the molecule is CCS(=O)(=O)c1ccc(Oc2cc(CC(=O)O)cc3ccc(C#N)cc23)nc1. The Morgan fingerprint density at radius 2 is 2.00 bits per heavy atom. The van der Waals surface area contributed by atoms with Crippen molar-refractivity contribution in [3.8, 4) is 17.7 Å². The third kappa shape index (κ3) is 4.10. The second-order valence-electron chi connectivity index (χ2n) is 6.05. The highest BCUT2D eigenvalue weighted by molar-refractivity contribution is 7.91. The van der Waals surface area contributed by atoms with Crippen molar-refractivity contribution in [2.75, 3.05) is 5.75 Å². The lowest BCUT2D eigenvalue weighted by atomic mass is 10.0. The number of carboxylic acid groups (broad SMARTS) is 1. The monoisotopic (exact) mass is 396 g/mol. The van der Waals surface area contributed by atoms with Crippen LogP contribution in [0.15, 0.2) is 53.6 Å². The summed E-state index contributed by atoms with van der Waals surface area (Å²) in [5.41, 5.74) is 0.963. The van der Waals surface area contributed by atoms with Crippen LogP contribution in [-0.2, 0) is 21.1 Å². The summed E-state index contributed by atoms with van der Waals surface area (Å²) in [6.07, 6.45) is 1.03. The number of benzene rings is 2. The van der Waals surface area contributed by atoms with Crippen molar-refractivity contribution < 1.29 is 23.1 Å². The van der Waals surface area contributed by atoms with Crippen molar-refractivity contribution in [1.29, 1.82) is 5.26 Å². The normalized spacial score (nSPS) is 11.1. The van der Waals surface area contributed by atoms with Crippen LogP contribution in [0.4, 0.5) is 0 Å². The van der Waals surface area contributed by atoms with E-state index in [-0.39, 0.29) is 22.9 Å². The van der Waals surface area contributed by atoms with Crippen molar-refractivity contribution in [1.82, 2.24) is 4.98 Å². The third-order valence-electron chi connectivity index (χ3n) is 4.12. The predicted molar refractivity (Wildman–Crippen MR) is 102 cm³/mol. The van der Waals surface area contributed by atoms with Gasteiger partial charge >= 0.3 is 5.97 Å². The molecule has 1 heterocycles. The number of nitriles is 1. The Hall–Kier alpha value is -3.44. The van der Waals surface area contributed by atoms with Gasteiger partial charge in [-0.3, -0.25) is 4.79 Å². The summed E-state index contributed by atoms with van der Waals surface area (Å²) in [5, 5.41) is 19.6. The quantitative estimate of drug-likeness (QED) is 0.679. The topological polar surface area (TPSA) is 117 Å². The van der Waals surface area contributed by atoms with Crippen LogP contribution < -0.4 is 4.74 Å². The van der Waals surface area contributed by atoms with E-state index in [4.69, 9.17) is 15.1 Å². The second kappa shape index (κ2) is 7.66. The number of aliphatic carboxylic acids is 1. The van der Waals surface area contributed by atoms with Gasteiger partial charge in [-0.1, -0.05) is 19.1 Å². The molecule has 2 aromatic carbocycles. The lowest BCUT2D eigenvalue weighted by Gasteiger charge is -2.11. The fourth-order valence-electron chi connectivity index (χ4n) is 2.70. The van der Waals surface area contributed by atoms with Gasteiger partial charge in [0.05, 0.1) is 28.7 Å². The molecule has 0 unspecified atom stereocenters. The van der Waals surface area contributed by atoms with Crippen molar-refractivity contribution in [3.05, 3.63) is 59.8 Å². The van der Waals surface area contributed by atoms with E-state index in [0.717, 1.165) is 5.39 Å². The molecule has 7 nitrogen and oxygen atoms in total. The summed E-state index contributed by atoms with van der Waals surface area (Å²) in [7, 11) is -3.37. The van der Waals surface area contributed by atoms with Crippen LogP contribution in [0.1, 0.15) is 18.1 Å². The average Bonchev–Trinajstić information content (AvgIpc) is 2.67. The van der Waals surface area contributed by atoms with Crippen LogP contribution in [0, 0.1) is 11.3 Å². The van der Waals surface area contributed by atoms with Crippen LogP contribution in [0.2, 0.25) is 0 Å². The van der Waals surface area contributed by atoms with E-state index in [1.165, 1.54) is 18.3 Å². The minimum Gasteiger partial charge on any atom is -0.481 e. The molecule has 3 aromatic rings. The molecule has 0 aliphatic heterocycles. The third-order valence-corrected chi connectivity index (χ3v) is 5.84. The number of pyridine rings is 1. The highest BCUT2D eigenvalue weighted by atomic mass is 32.2. The molecule has 8 heteroatoms. The predicted octanol–water partition coefficient (Wildman–Crippen LogP) is 3.32. The molecule has 0 radical (unpaired) electrons. The summed E-state index contributed by atoms with van der Waals surface area (Å²) in [5.74, 6) is -0.518. The molecule has 0 fully saturated rings. The van der Waals surface area contributed by atoms with Gasteiger partial charge in [-0.05, 0) is 35.2 Å². The number of fused-ring (bicyclic) bond motifs is 1. The average molecular weight is 396 g/mol. The van der Waals surface area contributed by atoms with Crippen molar-refractivity contribution in [2.45, 2.75) is 18.2 Å². The number of rotatable bonds is 6. The number of aromatic nitrogens is 1. The number of nitrogens with zero attached hydrogens (tertiary/aromatic N) is 2. The van der Waals surface area contributed by atoms with E-state index in [1.807, 2.05) is 0 Å². The summed E-state index contributed by atoms with van der Waals surface area (Å²) in [6.45, 7) is 1.55. The first-order valence-electron chi connectivity index (χ1n) is 8.37. The highest BCUT2D eigenvalue weighted by Crippen LogP contribution is 2.32. The van der Waals surface area contributed by atoms with E-state index in [0.29, 0.717) is 22.3 Å². The van der Waals surface area contributed by atoms with E-state index in [1.54, 1.807) is 37.3 Å². The first kappa shape index (κ1) is 19.3. The maximum absolute atomic E-state index is 11.9. The molecule has 0 amide bonds. The molecule has 28 heavy (non-hydrogen) atoms. The largest absolute Gasteiger partial charge is 0.481 e. The summed E-state index contributed by atoms with van der Waals surface area (Å²) < 4.78 is 29.6. The molecule has 0 bridgehead atoms. The summed E-state index contributed by atoms with van der Waals surface area (Å²) >= 11 is 0. The van der Waals surface area contributed by atoms with Crippen LogP contribution in [-0.4, -0.2) is 30.2 Å². The minimum atomic E-state index is -3.37. The maximum atomic E-state index is 11.9. The molecule has 0 aliphatic rings. The fraction of sp³-hybridized carbons (Fsp3) is 0.150. The molecule has 0 atom stereocenters. The highest BCUT2D eigenvalue weighted by Gasteiger charge is 2.14. The molecule has 1 aromatic heterocycles. The number of sulfone groups is 1. The molecule has 0 spiro atoms. The molecule has 0 saturated heterocycles. The first-order valence-corrected chi connectivity index (χ1v) is 10.0. The molecule has 3 rings (SSSR count). The van der Waals surface area contributed by atoms with E-state index >= 15 is 0 Å². The van der Waals surface area contributed by atoms with Crippen LogP contribution in [0.3, 0.4) is 0 Å². The summed E-state index contributed by atoms with van der Waals surface area (Å²) in [6, 6.07) is 13.2. The van der Waals surface area contributed by atoms with Gasteiger partial charge in [0.25, 0.3) is 0 Å². The Morgan fingerprint density at radius 3 is 2.61 bits per heavy atom. The maximum Gasteiger partial charge on any atom is 0.307 e. The molecular weight excluding hydrogens is 380 g/mol. The zero-order valence-electron chi connectivity index (χ0n) is 14.9. The standard InChI is InChI=1S/C20H16N2O5S/c1-2-28(25,26)16-5-6-19(22-12-16)27-18-9-14(10-20(23)24)7-15-4-3-13(11-21)8-17(15)18/h3-9,12H,2,10H2,1H3,(H,23,24). The Morgan fingerprint density at radius 1 is 1.21 bits per heavy atom. The molecule has 0 saturated carbocycles. The Kier molecular flexibility index (Phi) is 5.29. The molecular formula is C20H16N2O5S. The van der Waals surface area contributed by atoms with Gasteiger partial charge in [-0.25, -0.2) is 13.4 Å². The van der Waals surface area contributed by atoms with Gasteiger partial charge in [-0.15, -0.1) is 0 Å². The molecule has 0 aliphatic carbocycles. The number of carbonyl (C=O) groups is 1. The minimum absolute atomic E-state index is 0.0340. The van der Waals surface area contributed by atoms with Gasteiger partial charge in [0, 0.05) is 17.6 Å². The van der Waals surface area contributed by atoms with Gasteiger partial charge < -0.3 is 9.84 Å². The number of hydrogen-bond donors (Lipinski definition) is 1. The van der Waals surface area contributed by atoms with Crippen LogP contribution in [0.25, 0.3) is 10.8 Å². The summed E-state index contributed by atoms with van der Waals surface area (Å²) in [4.78, 5) is 15.2. The number of hydrogen-bond acceptors (Lipinski definition) is 6. The molecule has 142 valence electrons. The number of ether oxygens (including phenoxy) is 1. The van der Waals surface area contributed by atoms with E-state index < -0.39 is 15.8 Å². The second-order valence-corrected chi connectivity index (χ2v) is 8.33. The first-order chi connectivity index (χ1) is 13.3. The van der Waals surface area contributed by atoms with Gasteiger partial charge in [0.15, 0.2) is 9.84 Å². The fourth-order valence-corrected chi connectivity index (χ4v) is 3.53. The van der Waals surface area contributed by atoms with E-state index in [2.05, 4.69) is 11.1 Å². The Bertz CT molecular complexity index is 1200. The van der Waals surface area contributed by atoms with Crippen LogP contribution in [0.5, 0.6) is 11.6 Å². The zero-order chi connectivity index (χ0) is 20.3. The van der Waals surface area contributed by atoms with Crippen LogP contribution >= 0.6 is 0 Å². The zero-order valence-corrected chi connectivity index (χ0v) is 15.7. The Balaban J connectivity index is 2.05. The van der Waals surface area contributed by atoms with Gasteiger partial charge in [-0.2, -0.15) is 5.26 Å². The Labute approximate surface area is 161 Å². The lowest BCUT2D eigenvalue weighted by molar-refractivity contribution is -0.136. The van der Waals surface area contributed by atoms with Crippen molar-refractivity contribution >= 4 is 26.6 Å². The number of carboxylic acids is 1. The van der Waals surface area contributed by atoms with E-state index in [9.17, 15) is 13.2 Å². The van der Waals surface area contributed by atoms with Crippen molar-refractivity contribution in [3.63, 3.8) is 0 Å². The van der Waals surface area contributed by atoms with Crippen molar-refractivity contribution in [2.24, 2.45) is 0 Å².